The Kier molecular flexibility index (Phi) is 6.71. The Morgan fingerprint density at radius 2 is 1.86 bits per heavy atom. The summed E-state index contributed by atoms with van der Waals surface area (Å²) in [4.78, 5) is 13.8. The molecule has 0 aliphatic heterocycles. The average Bonchev–Trinajstić information content (AvgIpc) is 3.22. The van der Waals surface area contributed by atoms with Gasteiger partial charge in [0, 0.05) is 4.88 Å². The second-order valence-corrected chi connectivity index (χ2v) is 9.28. The fraction of sp³-hybridized carbons (Fsp3) is 0.500. The van der Waals surface area contributed by atoms with Gasteiger partial charge in [-0.3, -0.25) is 10.1 Å². The number of thiophene rings is 1. The number of nitrogens with one attached hydrogen (secondary N) is 2. The molecule has 0 saturated heterocycles. The van der Waals surface area contributed by atoms with Crippen molar-refractivity contribution >= 4 is 17.2 Å². The van der Waals surface area contributed by atoms with Gasteiger partial charge in [0.15, 0.2) is 0 Å². The molecule has 0 spiro atoms. The third-order valence-corrected chi connectivity index (χ3v) is 6.28. The standard InChI is InChI=1S/C22H29F2N3OS/c1-13(2)12-17(21(28)27-22(25)9-10-22)26-18(20(23)24)15-4-6-16(7-5-15)19-14(3)8-11-29-19/h4-8,11,13,17-18,20,26H,9-10,12,25H2,1-3H3,(H,27,28)/t17-,18-/m0/s1. The third-order valence-electron chi connectivity index (χ3n) is 5.21. The SMILES string of the molecule is Cc1ccsc1-c1ccc([C@H](N[C@@H](CC(C)C)C(=O)NC2(N)CC2)C(F)F)cc1. The van der Waals surface area contributed by atoms with Crippen molar-refractivity contribution in [1.29, 1.82) is 0 Å². The summed E-state index contributed by atoms with van der Waals surface area (Å²) in [5.74, 6) is -0.135. The molecule has 1 heterocycles. The zero-order valence-electron chi connectivity index (χ0n) is 17.0. The van der Waals surface area contributed by atoms with Crippen LogP contribution in [0.15, 0.2) is 35.7 Å². The molecule has 4 N–H and O–H groups in total. The molecule has 0 bridgehead atoms. The van der Waals surface area contributed by atoms with Gasteiger partial charge in [-0.15, -0.1) is 11.3 Å². The Bertz CT molecular complexity index is 831. The Morgan fingerprint density at radius 1 is 1.21 bits per heavy atom. The first-order valence-electron chi connectivity index (χ1n) is 9.98. The lowest BCUT2D eigenvalue weighted by Gasteiger charge is -2.27. The maximum absolute atomic E-state index is 13.9. The molecule has 158 valence electrons. The molecule has 4 nitrogen and oxygen atoms in total. The lowest BCUT2D eigenvalue weighted by Crippen LogP contribution is -2.53. The minimum atomic E-state index is -2.64. The molecule has 2 atom stereocenters. The van der Waals surface area contributed by atoms with Crippen LogP contribution in [0.25, 0.3) is 10.4 Å². The summed E-state index contributed by atoms with van der Waals surface area (Å²) in [6.07, 6.45) is -0.749. The van der Waals surface area contributed by atoms with E-state index in [2.05, 4.69) is 10.6 Å². The van der Waals surface area contributed by atoms with E-state index < -0.39 is 24.2 Å². The van der Waals surface area contributed by atoms with E-state index >= 15 is 0 Å². The van der Waals surface area contributed by atoms with Crippen LogP contribution in [0.5, 0.6) is 0 Å². The summed E-state index contributed by atoms with van der Waals surface area (Å²) >= 11 is 1.63. The van der Waals surface area contributed by atoms with Crippen LogP contribution >= 0.6 is 11.3 Å². The number of halogens is 2. The molecule has 0 radical (unpaired) electrons. The number of amides is 1. The highest BCUT2D eigenvalue weighted by Crippen LogP contribution is 2.32. The Hall–Kier alpha value is -1.83. The van der Waals surface area contributed by atoms with Crippen LogP contribution in [0.1, 0.15) is 50.3 Å². The molecule has 1 aliphatic rings. The molecular formula is C22H29F2N3OS. The second-order valence-electron chi connectivity index (χ2n) is 8.36. The highest BCUT2D eigenvalue weighted by molar-refractivity contribution is 7.13. The molecule has 1 fully saturated rings. The van der Waals surface area contributed by atoms with E-state index in [0.717, 1.165) is 28.8 Å². The fourth-order valence-corrected chi connectivity index (χ4v) is 4.29. The van der Waals surface area contributed by atoms with Crippen molar-refractivity contribution in [2.24, 2.45) is 11.7 Å². The van der Waals surface area contributed by atoms with Crippen LogP contribution < -0.4 is 16.4 Å². The quantitative estimate of drug-likeness (QED) is 0.519. The van der Waals surface area contributed by atoms with Crippen LogP contribution in [0.3, 0.4) is 0 Å². The van der Waals surface area contributed by atoms with E-state index in [4.69, 9.17) is 5.73 Å². The van der Waals surface area contributed by atoms with Gasteiger partial charge < -0.3 is 11.1 Å². The molecule has 3 rings (SSSR count). The molecule has 1 aliphatic carbocycles. The van der Waals surface area contributed by atoms with Gasteiger partial charge >= 0.3 is 0 Å². The zero-order chi connectivity index (χ0) is 21.2. The van der Waals surface area contributed by atoms with Crippen LogP contribution in [-0.2, 0) is 4.79 Å². The normalized spacial score (nSPS) is 17.4. The summed E-state index contributed by atoms with van der Waals surface area (Å²) in [7, 11) is 0. The number of carbonyl (C=O) groups excluding carboxylic acids is 1. The largest absolute Gasteiger partial charge is 0.337 e. The highest BCUT2D eigenvalue weighted by atomic mass is 32.1. The summed E-state index contributed by atoms with van der Waals surface area (Å²) in [6.45, 7) is 5.96. The van der Waals surface area contributed by atoms with E-state index in [1.807, 2.05) is 44.4 Å². The number of carbonyl (C=O) groups is 1. The Morgan fingerprint density at radius 3 is 2.34 bits per heavy atom. The summed E-state index contributed by atoms with van der Waals surface area (Å²) < 4.78 is 27.8. The molecule has 1 saturated carbocycles. The maximum atomic E-state index is 13.9. The maximum Gasteiger partial charge on any atom is 0.257 e. The Labute approximate surface area is 174 Å². The smallest absolute Gasteiger partial charge is 0.257 e. The third kappa shape index (κ3) is 5.62. The fourth-order valence-electron chi connectivity index (χ4n) is 3.36. The number of rotatable bonds is 9. The van der Waals surface area contributed by atoms with Crippen molar-refractivity contribution in [1.82, 2.24) is 10.6 Å². The van der Waals surface area contributed by atoms with Crippen molar-refractivity contribution in [3.8, 4) is 10.4 Å². The van der Waals surface area contributed by atoms with Gasteiger partial charge in [0.2, 0.25) is 5.91 Å². The van der Waals surface area contributed by atoms with E-state index in [1.54, 1.807) is 23.5 Å². The van der Waals surface area contributed by atoms with Gasteiger partial charge in [0.25, 0.3) is 6.43 Å². The first kappa shape index (κ1) is 21.9. The minimum absolute atomic E-state index is 0.175. The van der Waals surface area contributed by atoms with Crippen molar-refractivity contribution in [3.63, 3.8) is 0 Å². The van der Waals surface area contributed by atoms with Crippen molar-refractivity contribution in [3.05, 3.63) is 46.8 Å². The van der Waals surface area contributed by atoms with Gasteiger partial charge in [-0.1, -0.05) is 38.1 Å². The van der Waals surface area contributed by atoms with Crippen molar-refractivity contribution < 1.29 is 13.6 Å². The molecule has 1 amide bonds. The predicted molar refractivity (Wildman–Crippen MR) is 114 cm³/mol. The summed E-state index contributed by atoms with van der Waals surface area (Å²) in [6, 6.07) is 7.24. The number of hydrogen-bond donors (Lipinski definition) is 3. The lowest BCUT2D eigenvalue weighted by atomic mass is 9.99. The van der Waals surface area contributed by atoms with E-state index in [-0.39, 0.29) is 11.8 Å². The predicted octanol–water partition coefficient (Wildman–Crippen LogP) is 4.60. The molecule has 1 aromatic carbocycles. The summed E-state index contributed by atoms with van der Waals surface area (Å²) in [5, 5.41) is 7.72. The number of alkyl halides is 2. The summed E-state index contributed by atoms with van der Waals surface area (Å²) in [5.41, 5.74) is 7.95. The number of hydrogen-bond acceptors (Lipinski definition) is 4. The Balaban J connectivity index is 1.78. The van der Waals surface area contributed by atoms with Crippen LogP contribution in [0, 0.1) is 12.8 Å². The van der Waals surface area contributed by atoms with Gasteiger partial charge in [-0.25, -0.2) is 8.78 Å². The monoisotopic (exact) mass is 421 g/mol. The average molecular weight is 422 g/mol. The van der Waals surface area contributed by atoms with Gasteiger partial charge in [0.1, 0.15) is 0 Å². The topological polar surface area (TPSA) is 67.2 Å². The van der Waals surface area contributed by atoms with E-state index in [0.29, 0.717) is 12.0 Å². The minimum Gasteiger partial charge on any atom is -0.337 e. The van der Waals surface area contributed by atoms with Crippen LogP contribution in [0.2, 0.25) is 0 Å². The number of benzene rings is 1. The molecule has 2 aromatic rings. The first-order chi connectivity index (χ1) is 13.7. The number of aryl methyl sites for hydroxylation is 1. The van der Waals surface area contributed by atoms with Crippen molar-refractivity contribution in [2.75, 3.05) is 0 Å². The second kappa shape index (κ2) is 8.90. The van der Waals surface area contributed by atoms with E-state index in [9.17, 15) is 13.6 Å². The van der Waals surface area contributed by atoms with Gasteiger partial charge in [-0.05, 0) is 60.2 Å². The lowest BCUT2D eigenvalue weighted by molar-refractivity contribution is -0.125. The van der Waals surface area contributed by atoms with Crippen LogP contribution in [0.4, 0.5) is 8.78 Å². The van der Waals surface area contributed by atoms with Gasteiger partial charge in [-0.2, -0.15) is 0 Å². The van der Waals surface area contributed by atoms with Crippen LogP contribution in [-0.4, -0.2) is 24.0 Å². The molecule has 7 heteroatoms. The molecule has 29 heavy (non-hydrogen) atoms. The van der Waals surface area contributed by atoms with Gasteiger partial charge in [0.05, 0.1) is 17.7 Å². The zero-order valence-corrected chi connectivity index (χ0v) is 17.9. The molecular weight excluding hydrogens is 392 g/mol. The highest BCUT2D eigenvalue weighted by Gasteiger charge is 2.41. The number of nitrogens with two attached hydrogens (primary N) is 1. The first-order valence-corrected chi connectivity index (χ1v) is 10.9. The van der Waals surface area contributed by atoms with Crippen molar-refractivity contribution in [2.45, 2.75) is 64.2 Å². The molecule has 1 aromatic heterocycles. The van der Waals surface area contributed by atoms with E-state index in [1.165, 1.54) is 0 Å². The molecule has 0 unspecified atom stereocenters.